The summed E-state index contributed by atoms with van der Waals surface area (Å²) >= 11 is 1.79. The van der Waals surface area contributed by atoms with Crippen LogP contribution in [0, 0.1) is 0 Å². The van der Waals surface area contributed by atoms with E-state index < -0.39 is 0 Å². The van der Waals surface area contributed by atoms with E-state index in [0.29, 0.717) is 6.61 Å². The number of halogens is 1. The maximum absolute atomic E-state index is 8.99. The Hall–Kier alpha value is -0.0900. The lowest BCUT2D eigenvalue weighted by Crippen LogP contribution is -2.51. The molecule has 86 valence electrons. The molecule has 2 nitrogen and oxygen atoms in total. The monoisotopic (exact) mass is 247 g/mol. The number of thiophene rings is 1. The lowest BCUT2D eigenvalue weighted by atomic mass is 9.74. The van der Waals surface area contributed by atoms with Gasteiger partial charge in [-0.15, -0.1) is 23.7 Å². The second kappa shape index (κ2) is 5.85. The molecule has 1 heterocycles. The van der Waals surface area contributed by atoms with Crippen molar-refractivity contribution in [2.75, 3.05) is 6.61 Å². The van der Waals surface area contributed by atoms with Crippen LogP contribution in [0.4, 0.5) is 0 Å². The van der Waals surface area contributed by atoms with Crippen LogP contribution in [0.25, 0.3) is 0 Å². The van der Waals surface area contributed by atoms with Crippen LogP contribution in [0.5, 0.6) is 0 Å². The number of aliphatic hydroxyl groups is 1. The van der Waals surface area contributed by atoms with E-state index in [1.54, 1.807) is 11.3 Å². The molecule has 0 aliphatic heterocycles. The Morgan fingerprint density at radius 1 is 1.47 bits per heavy atom. The number of hydrogen-bond acceptors (Lipinski definition) is 3. The maximum atomic E-state index is 8.99. The number of hydrogen-bond donors (Lipinski definition) is 2. The van der Waals surface area contributed by atoms with E-state index in [9.17, 15) is 0 Å². The average Bonchev–Trinajstić information content (AvgIpc) is 2.62. The standard InChI is InChI=1S/C11H17NOS.ClH/c13-7-6-11(4-2-5-11)12-9-10-3-1-8-14-10;/h1,3,8,12-13H,2,4-7,9H2;1H. The summed E-state index contributed by atoms with van der Waals surface area (Å²) in [6.45, 7) is 1.26. The third kappa shape index (κ3) is 3.18. The zero-order valence-corrected chi connectivity index (χ0v) is 10.4. The Morgan fingerprint density at radius 3 is 2.73 bits per heavy atom. The Bertz CT molecular complexity index is 272. The van der Waals surface area contributed by atoms with Gasteiger partial charge in [-0.1, -0.05) is 6.07 Å². The minimum absolute atomic E-state index is 0. The van der Waals surface area contributed by atoms with Crippen LogP contribution >= 0.6 is 23.7 Å². The summed E-state index contributed by atoms with van der Waals surface area (Å²) in [6, 6.07) is 4.24. The van der Waals surface area contributed by atoms with Gasteiger partial charge in [0.2, 0.25) is 0 Å². The highest BCUT2D eigenvalue weighted by Gasteiger charge is 2.35. The van der Waals surface area contributed by atoms with Crippen molar-refractivity contribution in [2.45, 2.75) is 37.8 Å². The van der Waals surface area contributed by atoms with Crippen molar-refractivity contribution in [1.82, 2.24) is 5.32 Å². The summed E-state index contributed by atoms with van der Waals surface area (Å²) in [6.07, 6.45) is 4.65. The number of rotatable bonds is 5. The Labute approximate surface area is 101 Å². The van der Waals surface area contributed by atoms with Crippen LogP contribution in [0.1, 0.15) is 30.6 Å². The van der Waals surface area contributed by atoms with Crippen molar-refractivity contribution in [3.8, 4) is 0 Å². The second-order valence-electron chi connectivity index (χ2n) is 4.04. The molecule has 0 aromatic carbocycles. The zero-order valence-electron chi connectivity index (χ0n) is 8.74. The maximum Gasteiger partial charge on any atom is 0.0448 e. The van der Waals surface area contributed by atoms with E-state index >= 15 is 0 Å². The highest BCUT2D eigenvalue weighted by atomic mass is 35.5. The molecule has 1 fully saturated rings. The Morgan fingerprint density at radius 2 is 2.27 bits per heavy atom. The summed E-state index contributed by atoms with van der Waals surface area (Å²) in [4.78, 5) is 1.38. The largest absolute Gasteiger partial charge is 0.396 e. The predicted octanol–water partition coefficient (Wildman–Crippen LogP) is 2.56. The van der Waals surface area contributed by atoms with Crippen molar-refractivity contribution in [2.24, 2.45) is 0 Å². The SMILES string of the molecule is Cl.OCCC1(NCc2cccs2)CCC1. The molecule has 0 radical (unpaired) electrons. The van der Waals surface area contributed by atoms with E-state index in [4.69, 9.17) is 5.11 Å². The lowest BCUT2D eigenvalue weighted by Gasteiger charge is -2.42. The molecule has 1 aromatic heterocycles. The highest BCUT2D eigenvalue weighted by molar-refractivity contribution is 7.09. The van der Waals surface area contributed by atoms with Crippen LogP contribution in [-0.2, 0) is 6.54 Å². The second-order valence-corrected chi connectivity index (χ2v) is 5.07. The van der Waals surface area contributed by atoms with Crippen molar-refractivity contribution in [1.29, 1.82) is 0 Å². The zero-order chi connectivity index (χ0) is 9.86. The van der Waals surface area contributed by atoms with Crippen molar-refractivity contribution >= 4 is 23.7 Å². The molecule has 0 spiro atoms. The minimum atomic E-state index is 0. The molecule has 15 heavy (non-hydrogen) atoms. The molecule has 2 N–H and O–H groups in total. The third-order valence-electron chi connectivity index (χ3n) is 3.12. The van der Waals surface area contributed by atoms with Gasteiger partial charge >= 0.3 is 0 Å². The molecule has 0 bridgehead atoms. The van der Waals surface area contributed by atoms with Crippen molar-refractivity contribution in [3.63, 3.8) is 0 Å². The molecule has 0 atom stereocenters. The van der Waals surface area contributed by atoms with Crippen molar-refractivity contribution in [3.05, 3.63) is 22.4 Å². The molecule has 1 aromatic rings. The molecular weight excluding hydrogens is 230 g/mol. The van der Waals surface area contributed by atoms with Crippen LogP contribution in [0.3, 0.4) is 0 Å². The first kappa shape index (κ1) is 13.0. The molecule has 1 saturated carbocycles. The summed E-state index contributed by atoms with van der Waals surface area (Å²) in [7, 11) is 0. The molecule has 0 saturated heterocycles. The van der Waals surface area contributed by atoms with Gasteiger partial charge in [-0.25, -0.2) is 0 Å². The number of aliphatic hydroxyl groups excluding tert-OH is 1. The van der Waals surface area contributed by atoms with Gasteiger partial charge in [0, 0.05) is 23.6 Å². The van der Waals surface area contributed by atoms with Gasteiger partial charge in [-0.2, -0.15) is 0 Å². The smallest absolute Gasteiger partial charge is 0.0448 e. The van der Waals surface area contributed by atoms with E-state index in [2.05, 4.69) is 22.8 Å². The van der Waals surface area contributed by atoms with Crippen LogP contribution < -0.4 is 5.32 Å². The van der Waals surface area contributed by atoms with E-state index in [-0.39, 0.29) is 17.9 Å². The molecule has 0 unspecified atom stereocenters. The topological polar surface area (TPSA) is 32.3 Å². The fourth-order valence-electron chi connectivity index (χ4n) is 2.02. The van der Waals surface area contributed by atoms with Crippen LogP contribution in [0.15, 0.2) is 17.5 Å². The Balaban J connectivity index is 0.00000112. The van der Waals surface area contributed by atoms with Crippen LogP contribution in [-0.4, -0.2) is 17.3 Å². The molecule has 2 rings (SSSR count). The molecule has 0 amide bonds. The molecule has 1 aliphatic carbocycles. The summed E-state index contributed by atoms with van der Waals surface area (Å²) < 4.78 is 0. The van der Waals surface area contributed by atoms with Gasteiger partial charge in [0.15, 0.2) is 0 Å². The minimum Gasteiger partial charge on any atom is -0.396 e. The summed E-state index contributed by atoms with van der Waals surface area (Å²) in [5.74, 6) is 0. The van der Waals surface area contributed by atoms with Gasteiger partial charge in [0.25, 0.3) is 0 Å². The normalized spacial score (nSPS) is 17.9. The first-order chi connectivity index (χ1) is 6.85. The fraction of sp³-hybridized carbons (Fsp3) is 0.636. The van der Waals surface area contributed by atoms with Crippen LogP contribution in [0.2, 0.25) is 0 Å². The molecular formula is C11H18ClNOS. The quantitative estimate of drug-likeness (QED) is 0.838. The number of nitrogens with one attached hydrogen (secondary N) is 1. The predicted molar refractivity (Wildman–Crippen MR) is 66.7 cm³/mol. The van der Waals surface area contributed by atoms with E-state index in [1.165, 1.54) is 24.1 Å². The Kier molecular flexibility index (Phi) is 5.06. The van der Waals surface area contributed by atoms with E-state index in [1.807, 2.05) is 0 Å². The lowest BCUT2D eigenvalue weighted by molar-refractivity contribution is 0.130. The molecule has 1 aliphatic rings. The van der Waals surface area contributed by atoms with Gasteiger partial charge in [0.05, 0.1) is 0 Å². The van der Waals surface area contributed by atoms with Crippen molar-refractivity contribution < 1.29 is 5.11 Å². The first-order valence-electron chi connectivity index (χ1n) is 5.23. The fourth-order valence-corrected chi connectivity index (χ4v) is 2.67. The van der Waals surface area contributed by atoms with Gasteiger partial charge in [-0.05, 0) is 37.1 Å². The highest BCUT2D eigenvalue weighted by Crippen LogP contribution is 2.35. The van der Waals surface area contributed by atoms with Gasteiger partial charge in [-0.3, -0.25) is 0 Å². The molecule has 4 heteroatoms. The average molecular weight is 248 g/mol. The van der Waals surface area contributed by atoms with Gasteiger partial charge in [0.1, 0.15) is 0 Å². The van der Waals surface area contributed by atoms with Gasteiger partial charge < -0.3 is 10.4 Å². The third-order valence-corrected chi connectivity index (χ3v) is 4.00. The summed E-state index contributed by atoms with van der Waals surface area (Å²) in [5.41, 5.74) is 0.249. The summed E-state index contributed by atoms with van der Waals surface area (Å²) in [5, 5.41) is 14.7. The van der Waals surface area contributed by atoms with E-state index in [0.717, 1.165) is 13.0 Å². The first-order valence-corrected chi connectivity index (χ1v) is 6.11.